The van der Waals surface area contributed by atoms with Gasteiger partial charge in [-0.05, 0) is 68.2 Å². The molecule has 8 heteroatoms. The summed E-state index contributed by atoms with van der Waals surface area (Å²) in [6.45, 7) is 0.491. The molecule has 0 atom stereocenters. The number of aromatic nitrogens is 2. The molecular weight excluding hydrogens is 457 g/mol. The number of hydrogen-bond donors (Lipinski definition) is 1. The van der Waals surface area contributed by atoms with E-state index in [1.165, 1.54) is 40.8 Å². The van der Waals surface area contributed by atoms with Gasteiger partial charge in [0.15, 0.2) is 5.16 Å². The van der Waals surface area contributed by atoms with Crippen LogP contribution in [0.15, 0.2) is 34.2 Å². The third kappa shape index (κ3) is 4.87. The number of nitrogens with zero attached hydrogens (tertiary/aromatic N) is 2. The van der Waals surface area contributed by atoms with Crippen molar-refractivity contribution in [3.63, 3.8) is 0 Å². The van der Waals surface area contributed by atoms with Crippen LogP contribution in [0, 0.1) is 5.82 Å². The Morgan fingerprint density at radius 3 is 2.70 bits per heavy atom. The lowest BCUT2D eigenvalue weighted by molar-refractivity contribution is -0.118. The van der Waals surface area contributed by atoms with Crippen molar-refractivity contribution < 1.29 is 9.18 Å². The smallest absolute Gasteiger partial charge is 0.263 e. The van der Waals surface area contributed by atoms with Gasteiger partial charge in [0.05, 0.1) is 11.1 Å². The van der Waals surface area contributed by atoms with Gasteiger partial charge in [0, 0.05) is 17.5 Å². The molecule has 0 saturated heterocycles. The number of fused-ring (bicyclic) bond motifs is 3. The maximum atomic E-state index is 13.7. The van der Waals surface area contributed by atoms with Gasteiger partial charge >= 0.3 is 0 Å². The molecule has 0 bridgehead atoms. The zero-order chi connectivity index (χ0) is 22.8. The number of rotatable bonds is 7. The van der Waals surface area contributed by atoms with Crippen LogP contribution in [0.1, 0.15) is 60.6 Å². The maximum absolute atomic E-state index is 13.7. The van der Waals surface area contributed by atoms with Crippen LogP contribution >= 0.6 is 23.1 Å². The van der Waals surface area contributed by atoms with Crippen molar-refractivity contribution >= 4 is 39.2 Å². The fraction of sp³-hybridized carbons (Fsp3) is 0.480. The molecule has 2 heterocycles. The minimum atomic E-state index is -0.261. The van der Waals surface area contributed by atoms with Crippen molar-refractivity contribution in [1.82, 2.24) is 14.9 Å². The van der Waals surface area contributed by atoms with Gasteiger partial charge in [-0.1, -0.05) is 36.7 Å². The number of nitrogens with one attached hydrogen (secondary N) is 1. The minimum Gasteiger partial charge on any atom is -0.355 e. The topological polar surface area (TPSA) is 64.0 Å². The molecule has 0 radical (unpaired) electrons. The van der Waals surface area contributed by atoms with E-state index in [0.717, 1.165) is 60.7 Å². The number of benzene rings is 1. The van der Waals surface area contributed by atoms with Crippen LogP contribution in [-0.4, -0.2) is 27.8 Å². The number of hydrogen-bond acceptors (Lipinski definition) is 5. The predicted molar refractivity (Wildman–Crippen MR) is 132 cm³/mol. The summed E-state index contributed by atoms with van der Waals surface area (Å²) >= 11 is 3.02. The van der Waals surface area contributed by atoms with Gasteiger partial charge in [-0.15, -0.1) is 11.3 Å². The molecule has 1 saturated carbocycles. The third-order valence-corrected chi connectivity index (χ3v) is 8.80. The number of thioether (sulfide) groups is 1. The van der Waals surface area contributed by atoms with Crippen LogP contribution in [0.5, 0.6) is 0 Å². The van der Waals surface area contributed by atoms with Gasteiger partial charge in [-0.25, -0.2) is 9.37 Å². The van der Waals surface area contributed by atoms with Gasteiger partial charge in [-0.3, -0.25) is 14.2 Å². The third-order valence-electron chi connectivity index (χ3n) is 6.66. The second-order valence-corrected chi connectivity index (χ2v) is 10.9. The van der Waals surface area contributed by atoms with Crippen molar-refractivity contribution in [2.24, 2.45) is 0 Å². The first kappa shape index (κ1) is 22.6. The molecule has 5 nitrogen and oxygen atoms in total. The molecule has 5 rings (SSSR count). The quantitative estimate of drug-likeness (QED) is 0.376. The molecule has 0 spiro atoms. The Labute approximate surface area is 200 Å². The summed E-state index contributed by atoms with van der Waals surface area (Å²) in [7, 11) is 0. The van der Waals surface area contributed by atoms with E-state index in [1.807, 2.05) is 4.57 Å². The predicted octanol–water partition coefficient (Wildman–Crippen LogP) is 5.04. The number of carbonyl (C=O) groups is 1. The molecule has 33 heavy (non-hydrogen) atoms. The zero-order valence-corrected chi connectivity index (χ0v) is 20.2. The fourth-order valence-corrected chi connectivity index (χ4v) is 7.16. The molecule has 1 N–H and O–H groups in total. The van der Waals surface area contributed by atoms with E-state index in [9.17, 15) is 14.0 Å². The summed E-state index contributed by atoms with van der Waals surface area (Å²) < 4.78 is 14.9. The Kier molecular flexibility index (Phi) is 6.83. The van der Waals surface area contributed by atoms with Gasteiger partial charge < -0.3 is 5.32 Å². The Balaban J connectivity index is 1.32. The Morgan fingerprint density at radius 1 is 1.15 bits per heavy atom. The average Bonchev–Trinajstić information content (AvgIpc) is 3.47. The Morgan fingerprint density at radius 2 is 1.91 bits per heavy atom. The summed E-state index contributed by atoms with van der Waals surface area (Å²) in [5, 5.41) is 4.43. The van der Waals surface area contributed by atoms with E-state index in [0.29, 0.717) is 18.1 Å². The van der Waals surface area contributed by atoms with Gasteiger partial charge in [-0.2, -0.15) is 0 Å². The second-order valence-electron chi connectivity index (χ2n) is 8.91. The first-order valence-corrected chi connectivity index (χ1v) is 13.6. The van der Waals surface area contributed by atoms with Gasteiger partial charge in [0.25, 0.3) is 5.56 Å². The first-order valence-electron chi connectivity index (χ1n) is 11.8. The van der Waals surface area contributed by atoms with Crippen molar-refractivity contribution in [2.45, 2.75) is 69.0 Å². The fourth-order valence-electron chi connectivity index (χ4n) is 4.96. The highest BCUT2D eigenvalue weighted by Crippen LogP contribution is 2.37. The lowest BCUT2D eigenvalue weighted by Crippen LogP contribution is -2.29. The highest BCUT2D eigenvalue weighted by Gasteiger charge is 2.27. The van der Waals surface area contributed by atoms with E-state index < -0.39 is 0 Å². The van der Waals surface area contributed by atoms with E-state index in [2.05, 4.69) is 5.32 Å². The number of amides is 1. The number of halogens is 1. The van der Waals surface area contributed by atoms with Crippen LogP contribution in [0.3, 0.4) is 0 Å². The standard InChI is InChI=1S/C25H28FN3O2S2/c26-17-11-9-16(10-12-17)13-14-27-21(30)15-32-25-28-23-22(19-7-3-4-8-20(19)33-23)24(31)29(25)18-5-1-2-6-18/h9-12,18H,1-8,13-15H2,(H,27,30). The molecule has 3 aromatic rings. The second kappa shape index (κ2) is 9.97. The molecule has 0 unspecified atom stereocenters. The van der Waals surface area contributed by atoms with E-state index in [1.54, 1.807) is 23.5 Å². The normalized spacial score (nSPS) is 16.3. The van der Waals surface area contributed by atoms with Crippen LogP contribution in [0.25, 0.3) is 10.2 Å². The van der Waals surface area contributed by atoms with Gasteiger partial charge in [0.2, 0.25) is 5.91 Å². The minimum absolute atomic E-state index is 0.0834. The van der Waals surface area contributed by atoms with Crippen LogP contribution in [-0.2, 0) is 24.1 Å². The van der Waals surface area contributed by atoms with Crippen LogP contribution in [0.4, 0.5) is 4.39 Å². The summed E-state index contributed by atoms with van der Waals surface area (Å²) in [4.78, 5) is 33.2. The summed E-state index contributed by atoms with van der Waals surface area (Å²) in [6.07, 6.45) is 9.22. The van der Waals surface area contributed by atoms with Crippen LogP contribution < -0.4 is 10.9 Å². The molecule has 1 amide bonds. The number of carbonyl (C=O) groups excluding carboxylic acids is 1. The molecule has 2 aromatic heterocycles. The lowest BCUT2D eigenvalue weighted by atomic mass is 9.97. The van der Waals surface area contributed by atoms with Crippen molar-refractivity contribution in [2.75, 3.05) is 12.3 Å². The van der Waals surface area contributed by atoms with Crippen molar-refractivity contribution in [3.05, 3.63) is 56.4 Å². The van der Waals surface area contributed by atoms with E-state index >= 15 is 0 Å². The molecular formula is C25H28FN3O2S2. The molecule has 1 aromatic carbocycles. The first-order chi connectivity index (χ1) is 16.1. The largest absolute Gasteiger partial charge is 0.355 e. The Hall–Kier alpha value is -2.19. The number of aryl methyl sites for hydroxylation is 2. The molecule has 2 aliphatic carbocycles. The number of thiophene rings is 1. The lowest BCUT2D eigenvalue weighted by Gasteiger charge is -2.18. The van der Waals surface area contributed by atoms with Crippen LogP contribution in [0.2, 0.25) is 0 Å². The highest BCUT2D eigenvalue weighted by molar-refractivity contribution is 7.99. The maximum Gasteiger partial charge on any atom is 0.263 e. The van der Waals surface area contributed by atoms with E-state index in [4.69, 9.17) is 4.98 Å². The SMILES string of the molecule is O=C(CSc1nc2sc3c(c2c(=O)n1C1CCCC1)CCCC3)NCCc1ccc(F)cc1. The van der Waals surface area contributed by atoms with Crippen molar-refractivity contribution in [1.29, 1.82) is 0 Å². The average molecular weight is 486 g/mol. The summed E-state index contributed by atoms with van der Waals surface area (Å²) in [5.74, 6) is -0.123. The molecule has 174 valence electrons. The van der Waals surface area contributed by atoms with Gasteiger partial charge in [0.1, 0.15) is 10.6 Å². The highest BCUT2D eigenvalue weighted by atomic mass is 32.2. The summed E-state index contributed by atoms with van der Waals surface area (Å²) in [5.41, 5.74) is 2.29. The summed E-state index contributed by atoms with van der Waals surface area (Å²) in [6, 6.07) is 6.50. The molecule has 2 aliphatic rings. The molecule has 0 aliphatic heterocycles. The zero-order valence-electron chi connectivity index (χ0n) is 18.6. The van der Waals surface area contributed by atoms with Crippen molar-refractivity contribution in [3.8, 4) is 0 Å². The molecule has 1 fully saturated rings. The van der Waals surface area contributed by atoms with E-state index in [-0.39, 0.29) is 29.1 Å². The monoisotopic (exact) mass is 485 g/mol. The Bertz CT molecular complexity index is 1210.